The molecular formula is C60H67N7O4+2. The lowest BCUT2D eigenvalue weighted by molar-refractivity contribution is -0.870. The second-order valence-electron chi connectivity index (χ2n) is 20.0. The smallest absolute Gasteiger partial charge is 0.137 e. The number of hydrogen-bond acceptors (Lipinski definition) is 7. The first-order chi connectivity index (χ1) is 34.4. The Balaban J connectivity index is 1.41. The second-order valence-corrected chi connectivity index (χ2v) is 20.0. The van der Waals surface area contributed by atoms with Crippen LogP contribution in [0.15, 0.2) is 121 Å². The van der Waals surface area contributed by atoms with Crippen LogP contribution < -0.4 is 24.3 Å². The molecule has 0 saturated carbocycles. The lowest BCUT2D eigenvalue weighted by atomic mass is 10.0. The molecule has 0 amide bonds. The Morgan fingerprint density at radius 3 is 1.00 bits per heavy atom. The van der Waals surface area contributed by atoms with Crippen LogP contribution in [0.2, 0.25) is 0 Å². The lowest BCUT2D eigenvalue weighted by Gasteiger charge is -2.24. The van der Waals surface area contributed by atoms with E-state index in [0.29, 0.717) is 33.0 Å². The maximum atomic E-state index is 6.68. The molecule has 2 aliphatic heterocycles. The lowest BCUT2D eigenvalue weighted by Crippen LogP contribution is -2.38. The van der Waals surface area contributed by atoms with E-state index in [-0.39, 0.29) is 0 Å². The van der Waals surface area contributed by atoms with Crippen molar-refractivity contribution in [2.75, 3.05) is 95.4 Å². The first-order valence-electron chi connectivity index (χ1n) is 24.7. The SMILES string of the molecule is CCCOc1ccccc1-c1c2nc(c(-c3ccccc3OCCNC)c3ccc([nH]3)c(-c3ccccc3OCC[N+](C)(C)C)c3nc(c(-c4ccccc4OCC[N+](C)(C)C)c4ccc1[nH]4)C=C3)C=C2. The Hall–Kier alpha value is -7.44. The van der Waals surface area contributed by atoms with Gasteiger partial charge in [0.2, 0.25) is 0 Å². The number of hydrogen-bond donors (Lipinski definition) is 3. The number of quaternary nitrogens is 2. The fourth-order valence-electron chi connectivity index (χ4n) is 8.87. The summed E-state index contributed by atoms with van der Waals surface area (Å²) in [6, 6.07) is 41.6. The standard InChI is InChI=1S/C60H67N7O4/c1-9-37-68-53-22-14-10-18-41(53)57-45-26-28-47(62-45)58(42-19-11-15-23-54(42)69-38-34-61-2)48-29-31-50(64-48)60(44-21-13-17-25-56(44)71-40-36-67(6,7)8)52-33-32-51(65-52)59(49-30-27-46(57)63-49)43-20-12-16-24-55(43)70-39-35-66(3,4)5/h10-33,61,63-64H,9,34-40H2,1-8H3/q+2. The average molecular weight is 950 g/mol. The highest BCUT2D eigenvalue weighted by molar-refractivity contribution is 6.01. The molecule has 364 valence electrons. The summed E-state index contributed by atoms with van der Waals surface area (Å²) in [4.78, 5) is 19.0. The van der Waals surface area contributed by atoms with Gasteiger partial charge in [0.15, 0.2) is 0 Å². The molecule has 71 heavy (non-hydrogen) atoms. The normalized spacial score (nSPS) is 12.3. The van der Waals surface area contributed by atoms with Crippen molar-refractivity contribution in [3.8, 4) is 67.5 Å². The van der Waals surface area contributed by atoms with Gasteiger partial charge in [0, 0.05) is 73.1 Å². The number of nitrogens with one attached hydrogen (secondary N) is 3. The first-order valence-corrected chi connectivity index (χ1v) is 24.7. The number of aromatic nitrogens is 4. The molecule has 7 aromatic rings. The minimum atomic E-state index is 0.498. The summed E-state index contributed by atoms with van der Waals surface area (Å²) in [5.41, 5.74) is 14.0. The molecule has 2 aliphatic rings. The van der Waals surface area contributed by atoms with Gasteiger partial charge in [-0.05, 0) is 86.3 Å². The molecule has 8 bridgehead atoms. The van der Waals surface area contributed by atoms with Gasteiger partial charge >= 0.3 is 0 Å². The Kier molecular flexibility index (Phi) is 14.6. The van der Waals surface area contributed by atoms with Gasteiger partial charge in [-0.1, -0.05) is 79.7 Å². The Labute approximate surface area is 418 Å². The van der Waals surface area contributed by atoms with Crippen LogP contribution in [0, 0.1) is 0 Å². The van der Waals surface area contributed by atoms with Gasteiger partial charge < -0.3 is 43.2 Å². The monoisotopic (exact) mass is 950 g/mol. The molecule has 4 aromatic carbocycles. The third kappa shape index (κ3) is 11.1. The molecule has 0 aliphatic carbocycles. The summed E-state index contributed by atoms with van der Waals surface area (Å²) < 4.78 is 27.9. The molecule has 0 saturated heterocycles. The van der Waals surface area contributed by atoms with Gasteiger partial charge in [0.05, 0.1) is 71.7 Å². The van der Waals surface area contributed by atoms with E-state index < -0.39 is 0 Å². The summed E-state index contributed by atoms with van der Waals surface area (Å²) in [6.45, 7) is 6.66. The van der Waals surface area contributed by atoms with E-state index in [0.717, 1.165) is 141 Å². The van der Waals surface area contributed by atoms with Crippen molar-refractivity contribution in [3.63, 3.8) is 0 Å². The Morgan fingerprint density at radius 1 is 0.408 bits per heavy atom. The number of para-hydroxylation sites is 4. The van der Waals surface area contributed by atoms with Gasteiger partial charge in [-0.25, -0.2) is 9.97 Å². The van der Waals surface area contributed by atoms with Crippen LogP contribution in [-0.4, -0.2) is 124 Å². The highest BCUT2D eigenvalue weighted by atomic mass is 16.5. The van der Waals surface area contributed by atoms with Crippen molar-refractivity contribution in [1.29, 1.82) is 0 Å². The van der Waals surface area contributed by atoms with Gasteiger partial charge in [0.1, 0.15) is 55.9 Å². The van der Waals surface area contributed by atoms with Crippen molar-refractivity contribution in [3.05, 3.63) is 144 Å². The number of H-pyrrole nitrogens is 2. The summed E-state index contributed by atoms with van der Waals surface area (Å²) >= 11 is 0. The molecule has 5 heterocycles. The minimum Gasteiger partial charge on any atom is -0.493 e. The molecule has 11 heteroatoms. The highest BCUT2D eigenvalue weighted by Crippen LogP contribution is 2.44. The Morgan fingerprint density at radius 2 is 0.704 bits per heavy atom. The number of fused-ring (bicyclic) bond motifs is 8. The predicted molar refractivity (Wildman–Crippen MR) is 293 cm³/mol. The van der Waals surface area contributed by atoms with E-state index in [2.05, 4.69) is 174 Å². The van der Waals surface area contributed by atoms with Crippen LogP contribution in [-0.2, 0) is 0 Å². The minimum absolute atomic E-state index is 0.498. The number of likely N-dealkylation sites (N-methyl/N-ethyl adjacent to an activating group) is 3. The van der Waals surface area contributed by atoms with E-state index in [9.17, 15) is 0 Å². The molecule has 0 spiro atoms. The molecule has 11 nitrogen and oxygen atoms in total. The summed E-state index contributed by atoms with van der Waals surface area (Å²) in [6.07, 6.45) is 9.34. The van der Waals surface area contributed by atoms with Gasteiger partial charge in [-0.3, -0.25) is 0 Å². The number of ether oxygens (including phenoxy) is 4. The quantitative estimate of drug-likeness (QED) is 0.0547. The van der Waals surface area contributed by atoms with Gasteiger partial charge in [-0.15, -0.1) is 0 Å². The van der Waals surface area contributed by atoms with Crippen LogP contribution >= 0.6 is 0 Å². The summed E-state index contributed by atoms with van der Waals surface area (Å²) in [5.74, 6) is 3.11. The molecule has 3 N–H and O–H groups in total. The molecule has 0 fully saturated rings. The predicted octanol–water partition coefficient (Wildman–Crippen LogP) is 11.9. The van der Waals surface area contributed by atoms with Crippen molar-refractivity contribution in [2.45, 2.75) is 13.3 Å². The van der Waals surface area contributed by atoms with Crippen molar-refractivity contribution >= 4 is 46.4 Å². The van der Waals surface area contributed by atoms with Crippen LogP contribution in [0.3, 0.4) is 0 Å². The first kappa shape index (κ1) is 48.6. The summed E-state index contributed by atoms with van der Waals surface area (Å²) in [5, 5.41) is 3.22. The number of benzene rings is 4. The fourth-order valence-corrected chi connectivity index (χ4v) is 8.87. The zero-order valence-electron chi connectivity index (χ0n) is 42.4. The maximum Gasteiger partial charge on any atom is 0.137 e. The summed E-state index contributed by atoms with van der Waals surface area (Å²) in [7, 11) is 15.0. The topological polar surface area (TPSA) is 106 Å². The average Bonchev–Trinajstić information content (AvgIpc) is 4.20. The molecule has 0 atom stereocenters. The van der Waals surface area contributed by atoms with E-state index in [1.54, 1.807) is 0 Å². The highest BCUT2D eigenvalue weighted by Gasteiger charge is 2.24. The fraction of sp³-hybridized carbons (Fsp3) is 0.267. The van der Waals surface area contributed by atoms with Crippen LogP contribution in [0.25, 0.3) is 90.9 Å². The largest absolute Gasteiger partial charge is 0.493 e. The van der Waals surface area contributed by atoms with Crippen LogP contribution in [0.4, 0.5) is 0 Å². The van der Waals surface area contributed by atoms with Crippen molar-refractivity contribution in [2.24, 2.45) is 0 Å². The molecule has 0 radical (unpaired) electrons. The third-order valence-corrected chi connectivity index (χ3v) is 12.5. The van der Waals surface area contributed by atoms with Crippen LogP contribution in [0.5, 0.6) is 23.0 Å². The van der Waals surface area contributed by atoms with Gasteiger partial charge in [0.25, 0.3) is 0 Å². The maximum absolute atomic E-state index is 6.68. The Bertz CT molecular complexity index is 3260. The molecular weight excluding hydrogens is 883 g/mol. The van der Waals surface area contributed by atoms with Gasteiger partial charge in [-0.2, -0.15) is 0 Å². The third-order valence-electron chi connectivity index (χ3n) is 12.5. The zero-order valence-corrected chi connectivity index (χ0v) is 42.4. The number of aromatic amines is 2. The van der Waals surface area contributed by atoms with Crippen molar-refractivity contribution in [1.82, 2.24) is 25.3 Å². The zero-order chi connectivity index (χ0) is 49.5. The molecule has 0 unspecified atom stereocenters. The van der Waals surface area contributed by atoms with E-state index in [1.165, 1.54) is 0 Å². The van der Waals surface area contributed by atoms with E-state index in [1.807, 2.05) is 43.4 Å². The van der Waals surface area contributed by atoms with Crippen LogP contribution in [0.1, 0.15) is 36.1 Å². The molecule has 3 aromatic heterocycles. The number of nitrogens with zero attached hydrogens (tertiary/aromatic N) is 4. The molecule has 9 rings (SSSR count). The van der Waals surface area contributed by atoms with Crippen molar-refractivity contribution < 1.29 is 27.9 Å². The second kappa shape index (κ2) is 21.3. The van der Waals surface area contributed by atoms with E-state index in [4.69, 9.17) is 28.9 Å². The number of rotatable bonds is 19. The van der Waals surface area contributed by atoms with E-state index >= 15 is 0 Å².